The Bertz CT molecular complexity index is 465. The molecule has 1 aromatic rings. The maximum absolute atomic E-state index is 4.78. The molecule has 2 heterocycles. The lowest BCUT2D eigenvalue weighted by Gasteiger charge is -2.37. The zero-order chi connectivity index (χ0) is 13.4. The number of fused-ring (bicyclic) bond motifs is 1. The highest BCUT2D eigenvalue weighted by atomic mass is 32.2. The van der Waals surface area contributed by atoms with Crippen LogP contribution in [-0.4, -0.2) is 33.6 Å². The van der Waals surface area contributed by atoms with Crippen LogP contribution >= 0.6 is 11.8 Å². The lowest BCUT2D eigenvalue weighted by Crippen LogP contribution is -2.41. The fraction of sp³-hybridized carbons (Fsp3) is 0.733. The highest BCUT2D eigenvalue weighted by Crippen LogP contribution is 2.32. The van der Waals surface area contributed by atoms with Gasteiger partial charge in [-0.3, -0.25) is 0 Å². The van der Waals surface area contributed by atoms with Crippen LogP contribution in [-0.2, 0) is 12.8 Å². The Balaban J connectivity index is 1.97. The molecule has 0 aromatic carbocycles. The number of thioether (sulfide) groups is 1. The van der Waals surface area contributed by atoms with Gasteiger partial charge in [-0.25, -0.2) is 9.97 Å². The predicted molar refractivity (Wildman–Crippen MR) is 82.1 cm³/mol. The van der Waals surface area contributed by atoms with E-state index in [-0.39, 0.29) is 0 Å². The van der Waals surface area contributed by atoms with Gasteiger partial charge in [0.2, 0.25) is 0 Å². The molecule has 0 amide bonds. The number of nitrogens with zero attached hydrogens (tertiary/aromatic N) is 3. The van der Waals surface area contributed by atoms with Crippen LogP contribution in [0, 0.1) is 6.92 Å². The van der Waals surface area contributed by atoms with Crippen molar-refractivity contribution < 1.29 is 0 Å². The SMILES string of the molecule is Cc1nc2c(c(N3CC(C)SC(C)C3)n1)CCCC2. The van der Waals surface area contributed by atoms with E-state index in [2.05, 4.69) is 35.5 Å². The number of aromatic nitrogens is 2. The Morgan fingerprint density at radius 1 is 1.05 bits per heavy atom. The molecule has 1 aromatic heterocycles. The second-order valence-electron chi connectivity index (χ2n) is 5.89. The molecule has 2 unspecified atom stereocenters. The maximum Gasteiger partial charge on any atom is 0.135 e. The standard InChI is InChI=1S/C15H23N3S/c1-10-8-18(9-11(2)19-10)15-13-6-4-5-7-14(13)16-12(3)17-15/h10-11H,4-9H2,1-3H3. The molecule has 0 bridgehead atoms. The Morgan fingerprint density at radius 3 is 2.47 bits per heavy atom. The predicted octanol–water partition coefficient (Wildman–Crippen LogP) is 2.99. The van der Waals surface area contributed by atoms with Crippen molar-refractivity contribution in [2.75, 3.05) is 18.0 Å². The van der Waals surface area contributed by atoms with Gasteiger partial charge in [0.05, 0.1) is 0 Å². The minimum absolute atomic E-state index is 0.693. The van der Waals surface area contributed by atoms with Crippen molar-refractivity contribution in [3.8, 4) is 0 Å². The second kappa shape index (κ2) is 5.31. The summed E-state index contributed by atoms with van der Waals surface area (Å²) in [6.07, 6.45) is 4.88. The zero-order valence-corrected chi connectivity index (χ0v) is 13.0. The molecule has 1 aliphatic carbocycles. The average Bonchev–Trinajstić information content (AvgIpc) is 2.36. The largest absolute Gasteiger partial charge is 0.354 e. The van der Waals surface area contributed by atoms with Crippen molar-refractivity contribution in [3.05, 3.63) is 17.1 Å². The summed E-state index contributed by atoms with van der Waals surface area (Å²) in [5, 5.41) is 1.39. The Labute approximate surface area is 120 Å². The van der Waals surface area contributed by atoms with Crippen molar-refractivity contribution in [2.24, 2.45) is 0 Å². The summed E-state index contributed by atoms with van der Waals surface area (Å²) in [6.45, 7) is 8.93. The first-order chi connectivity index (χ1) is 9.13. The molecule has 0 N–H and O–H groups in total. The molecule has 0 radical (unpaired) electrons. The first-order valence-electron chi connectivity index (χ1n) is 7.40. The summed E-state index contributed by atoms with van der Waals surface area (Å²) in [5.74, 6) is 2.18. The van der Waals surface area contributed by atoms with E-state index < -0.39 is 0 Å². The van der Waals surface area contributed by atoms with Crippen LogP contribution in [0.25, 0.3) is 0 Å². The van der Waals surface area contributed by atoms with Crippen molar-refractivity contribution in [1.82, 2.24) is 9.97 Å². The molecule has 2 atom stereocenters. The van der Waals surface area contributed by atoms with Crippen LogP contribution in [0.5, 0.6) is 0 Å². The van der Waals surface area contributed by atoms with Crippen LogP contribution in [0.2, 0.25) is 0 Å². The minimum atomic E-state index is 0.693. The number of rotatable bonds is 1. The molecule has 19 heavy (non-hydrogen) atoms. The molecule has 3 rings (SSSR count). The lowest BCUT2D eigenvalue weighted by molar-refractivity contribution is 0.642. The number of hydrogen-bond donors (Lipinski definition) is 0. The van der Waals surface area contributed by atoms with Gasteiger partial charge < -0.3 is 4.90 Å². The van der Waals surface area contributed by atoms with Gasteiger partial charge in [0.1, 0.15) is 11.6 Å². The molecular formula is C15H23N3S. The Morgan fingerprint density at radius 2 is 1.74 bits per heavy atom. The molecule has 1 fully saturated rings. The average molecular weight is 277 g/mol. The second-order valence-corrected chi connectivity index (χ2v) is 7.77. The third kappa shape index (κ3) is 2.73. The molecule has 1 saturated heterocycles. The molecule has 3 nitrogen and oxygen atoms in total. The van der Waals surface area contributed by atoms with Gasteiger partial charge in [0, 0.05) is 34.8 Å². The van der Waals surface area contributed by atoms with Crippen LogP contribution in [0.15, 0.2) is 0 Å². The maximum atomic E-state index is 4.78. The highest BCUT2D eigenvalue weighted by molar-refractivity contribution is 8.00. The number of anilines is 1. The van der Waals surface area contributed by atoms with Crippen LogP contribution in [0.1, 0.15) is 43.8 Å². The van der Waals surface area contributed by atoms with Crippen LogP contribution < -0.4 is 4.90 Å². The molecule has 0 spiro atoms. The lowest BCUT2D eigenvalue weighted by atomic mass is 9.96. The van der Waals surface area contributed by atoms with Gasteiger partial charge in [-0.2, -0.15) is 11.8 Å². The number of hydrogen-bond acceptors (Lipinski definition) is 4. The summed E-state index contributed by atoms with van der Waals surface area (Å²) >= 11 is 2.10. The molecule has 1 aliphatic heterocycles. The molecule has 0 saturated carbocycles. The fourth-order valence-corrected chi connectivity index (χ4v) is 4.63. The van der Waals surface area contributed by atoms with Crippen LogP contribution in [0.3, 0.4) is 0 Å². The van der Waals surface area contributed by atoms with Crippen molar-refractivity contribution in [3.63, 3.8) is 0 Å². The zero-order valence-electron chi connectivity index (χ0n) is 12.1. The quantitative estimate of drug-likeness (QED) is 0.789. The van der Waals surface area contributed by atoms with E-state index in [0.717, 1.165) is 31.8 Å². The molecular weight excluding hydrogens is 254 g/mol. The van der Waals surface area contributed by atoms with Gasteiger partial charge in [-0.1, -0.05) is 13.8 Å². The Kier molecular flexibility index (Phi) is 3.70. The Hall–Kier alpha value is -0.770. The fourth-order valence-electron chi connectivity index (χ4n) is 3.31. The minimum Gasteiger partial charge on any atom is -0.354 e. The smallest absolute Gasteiger partial charge is 0.135 e. The van der Waals surface area contributed by atoms with Crippen molar-refractivity contribution in [1.29, 1.82) is 0 Å². The van der Waals surface area contributed by atoms with Gasteiger partial charge in [0.25, 0.3) is 0 Å². The summed E-state index contributed by atoms with van der Waals surface area (Å²) in [4.78, 5) is 12.0. The van der Waals surface area contributed by atoms with Crippen molar-refractivity contribution in [2.45, 2.75) is 57.0 Å². The van der Waals surface area contributed by atoms with Gasteiger partial charge in [-0.05, 0) is 32.6 Å². The summed E-state index contributed by atoms with van der Waals surface area (Å²) < 4.78 is 0. The summed E-state index contributed by atoms with van der Waals surface area (Å²) in [5.41, 5.74) is 2.75. The van der Waals surface area contributed by atoms with E-state index in [9.17, 15) is 0 Å². The van der Waals surface area contributed by atoms with E-state index in [4.69, 9.17) is 4.98 Å². The monoisotopic (exact) mass is 277 g/mol. The van der Waals surface area contributed by atoms with E-state index >= 15 is 0 Å². The van der Waals surface area contributed by atoms with E-state index in [1.807, 2.05) is 6.92 Å². The third-order valence-electron chi connectivity index (χ3n) is 3.99. The summed E-state index contributed by atoms with van der Waals surface area (Å²) in [6, 6.07) is 0. The highest BCUT2D eigenvalue weighted by Gasteiger charge is 2.27. The topological polar surface area (TPSA) is 29.0 Å². The van der Waals surface area contributed by atoms with Crippen molar-refractivity contribution >= 4 is 17.6 Å². The first kappa shape index (κ1) is 13.2. The van der Waals surface area contributed by atoms with Gasteiger partial charge in [-0.15, -0.1) is 0 Å². The van der Waals surface area contributed by atoms with E-state index in [1.165, 1.54) is 29.9 Å². The first-order valence-corrected chi connectivity index (χ1v) is 8.34. The third-order valence-corrected chi connectivity index (χ3v) is 5.22. The van der Waals surface area contributed by atoms with Gasteiger partial charge >= 0.3 is 0 Å². The van der Waals surface area contributed by atoms with E-state index in [0.29, 0.717) is 10.5 Å². The molecule has 104 valence electrons. The van der Waals surface area contributed by atoms with E-state index in [1.54, 1.807) is 0 Å². The molecule has 4 heteroatoms. The van der Waals surface area contributed by atoms with Crippen LogP contribution in [0.4, 0.5) is 5.82 Å². The normalized spacial score (nSPS) is 27.2. The molecule has 2 aliphatic rings. The summed E-state index contributed by atoms with van der Waals surface area (Å²) in [7, 11) is 0. The number of aryl methyl sites for hydroxylation is 2. The van der Waals surface area contributed by atoms with Gasteiger partial charge in [0.15, 0.2) is 0 Å².